The van der Waals surface area contributed by atoms with E-state index >= 15 is 0 Å². The van der Waals surface area contributed by atoms with E-state index in [0.717, 1.165) is 89.9 Å². The van der Waals surface area contributed by atoms with Gasteiger partial charge in [0.2, 0.25) is 5.91 Å². The number of carbonyl (C=O) groups is 2. The molecule has 2 atom stereocenters. The highest BCUT2D eigenvalue weighted by molar-refractivity contribution is 7.47. The number of rotatable bonds is 37. The fraction of sp³-hybridized carbons (Fsp3) is 0.565. The van der Waals surface area contributed by atoms with E-state index in [0.29, 0.717) is 12.8 Å². The number of amides is 1. The molecule has 0 aliphatic rings. The molecule has 56 heavy (non-hydrogen) atoms. The summed E-state index contributed by atoms with van der Waals surface area (Å²) in [6.45, 7) is 3.23. The molecule has 316 valence electrons. The molecule has 0 fully saturated rings. The maximum absolute atomic E-state index is 12.1. The molecule has 9 nitrogen and oxygen atoms in total. The Hall–Kier alpha value is -3.33. The highest BCUT2D eigenvalue weighted by atomic mass is 31.2. The Morgan fingerprint density at radius 3 is 1.59 bits per heavy atom. The molecule has 0 spiro atoms. The molecule has 0 rings (SSSR count). The first kappa shape index (κ1) is 52.7. The zero-order valence-corrected chi connectivity index (χ0v) is 35.4. The highest BCUT2D eigenvalue weighted by Crippen LogP contribution is 2.42. The summed E-state index contributed by atoms with van der Waals surface area (Å²) in [5.74, 6) is -0.676. The minimum atomic E-state index is -4.45. The van der Waals surface area contributed by atoms with Crippen LogP contribution in [0.4, 0.5) is 0 Å². The molecule has 0 aliphatic heterocycles. The molecule has 0 aromatic carbocycles. The van der Waals surface area contributed by atoms with Crippen LogP contribution < -0.4 is 5.32 Å². The number of phosphoric ester groups is 1. The fourth-order valence-corrected chi connectivity index (χ4v) is 5.59. The first-order valence-corrected chi connectivity index (χ1v) is 22.4. The Labute approximate surface area is 339 Å². The molecule has 2 unspecified atom stereocenters. The van der Waals surface area contributed by atoms with Crippen LogP contribution in [0.2, 0.25) is 0 Å². The van der Waals surface area contributed by atoms with Gasteiger partial charge in [-0.25, -0.2) is 4.57 Å². The highest BCUT2D eigenvalue weighted by Gasteiger charge is 2.23. The molecule has 0 heterocycles. The second kappa shape index (κ2) is 41.3. The number of aliphatic hydroxyl groups is 1. The SMILES string of the molecule is CC/C=C\C/C=C\C/C=C\C/C=C\C/C=C\C/C=C\C/C=C\CC(=O)OCC(O)COP(=O)(O)OCCNC(=O)CCCCCCC/C=C\C/C=C\CCCC. The monoisotopic (exact) mass is 800 g/mol. The Kier molecular flexibility index (Phi) is 38.9. The largest absolute Gasteiger partial charge is 0.472 e. The van der Waals surface area contributed by atoms with Gasteiger partial charge in [0.05, 0.1) is 19.6 Å². The predicted molar refractivity (Wildman–Crippen MR) is 233 cm³/mol. The van der Waals surface area contributed by atoms with Crippen molar-refractivity contribution in [2.75, 3.05) is 26.4 Å². The Morgan fingerprint density at radius 1 is 0.589 bits per heavy atom. The van der Waals surface area contributed by atoms with Crippen LogP contribution in [0.3, 0.4) is 0 Å². The third-order valence-corrected chi connectivity index (χ3v) is 8.95. The zero-order chi connectivity index (χ0) is 41.1. The van der Waals surface area contributed by atoms with Crippen molar-refractivity contribution in [1.29, 1.82) is 0 Å². The number of esters is 1. The number of nitrogens with one attached hydrogen (secondary N) is 1. The van der Waals surface area contributed by atoms with Crippen molar-refractivity contribution in [3.05, 3.63) is 109 Å². The summed E-state index contributed by atoms with van der Waals surface area (Å²) in [4.78, 5) is 33.8. The van der Waals surface area contributed by atoms with E-state index in [-0.39, 0.29) is 32.1 Å². The Morgan fingerprint density at radius 2 is 1.05 bits per heavy atom. The van der Waals surface area contributed by atoms with Gasteiger partial charge in [0.1, 0.15) is 12.7 Å². The minimum Gasteiger partial charge on any atom is -0.463 e. The van der Waals surface area contributed by atoms with E-state index in [1.807, 2.05) is 12.2 Å². The summed E-state index contributed by atoms with van der Waals surface area (Å²) in [6.07, 6.45) is 54.7. The summed E-state index contributed by atoms with van der Waals surface area (Å²) in [5.41, 5.74) is 0. The van der Waals surface area contributed by atoms with Crippen molar-refractivity contribution in [3.8, 4) is 0 Å². The number of hydrogen-bond donors (Lipinski definition) is 3. The summed E-state index contributed by atoms with van der Waals surface area (Å²) < 4.78 is 26.7. The number of allylic oxidation sites excluding steroid dienone is 17. The van der Waals surface area contributed by atoms with E-state index in [9.17, 15) is 24.2 Å². The third-order valence-electron chi connectivity index (χ3n) is 7.97. The molecule has 0 bridgehead atoms. The van der Waals surface area contributed by atoms with Crippen LogP contribution >= 0.6 is 7.82 Å². The third kappa shape index (κ3) is 41.8. The van der Waals surface area contributed by atoms with Gasteiger partial charge in [-0.15, -0.1) is 0 Å². The van der Waals surface area contributed by atoms with Crippen molar-refractivity contribution < 1.29 is 37.9 Å². The van der Waals surface area contributed by atoms with Crippen LogP contribution in [0.25, 0.3) is 0 Å². The van der Waals surface area contributed by atoms with Gasteiger partial charge in [-0.05, 0) is 77.0 Å². The number of carbonyl (C=O) groups excluding carboxylic acids is 2. The van der Waals surface area contributed by atoms with E-state index in [1.54, 1.807) is 6.08 Å². The number of unbranched alkanes of at least 4 members (excludes halogenated alkanes) is 7. The van der Waals surface area contributed by atoms with Crippen LogP contribution in [-0.2, 0) is 27.9 Å². The number of aliphatic hydroxyl groups excluding tert-OH is 1. The average molecular weight is 800 g/mol. The zero-order valence-electron chi connectivity index (χ0n) is 34.5. The first-order chi connectivity index (χ1) is 27.3. The smallest absolute Gasteiger partial charge is 0.463 e. The summed E-state index contributed by atoms with van der Waals surface area (Å²) >= 11 is 0. The second-order valence-corrected chi connectivity index (χ2v) is 14.7. The quantitative estimate of drug-likeness (QED) is 0.0245. The lowest BCUT2D eigenvalue weighted by molar-refractivity contribution is -0.146. The van der Waals surface area contributed by atoms with Crippen molar-refractivity contribution in [2.45, 2.75) is 142 Å². The van der Waals surface area contributed by atoms with Crippen LogP contribution in [0.5, 0.6) is 0 Å². The number of phosphoric acid groups is 1. The van der Waals surface area contributed by atoms with Crippen molar-refractivity contribution in [3.63, 3.8) is 0 Å². The molecule has 0 saturated heterocycles. The molecule has 10 heteroatoms. The van der Waals surface area contributed by atoms with Crippen molar-refractivity contribution in [2.24, 2.45) is 0 Å². The molecular formula is C46H74NO8P. The number of ether oxygens (including phenoxy) is 1. The summed E-state index contributed by atoms with van der Waals surface area (Å²) in [7, 11) is -4.45. The van der Waals surface area contributed by atoms with Crippen LogP contribution in [0.15, 0.2) is 109 Å². The van der Waals surface area contributed by atoms with E-state index in [2.05, 4.69) is 110 Å². The molecule has 0 aromatic heterocycles. The lowest BCUT2D eigenvalue weighted by atomic mass is 10.1. The molecule has 0 aromatic rings. The van der Waals surface area contributed by atoms with Gasteiger partial charge in [0.25, 0.3) is 0 Å². The molecule has 3 N–H and O–H groups in total. The molecule has 0 saturated carbocycles. The van der Waals surface area contributed by atoms with Crippen LogP contribution in [0.1, 0.15) is 136 Å². The normalized spacial score (nSPS) is 14.4. The molecule has 0 radical (unpaired) electrons. The van der Waals surface area contributed by atoms with E-state index in [1.165, 1.54) is 12.8 Å². The van der Waals surface area contributed by atoms with Gasteiger partial charge in [0, 0.05) is 13.0 Å². The molecule has 0 aliphatic carbocycles. The number of hydrogen-bond acceptors (Lipinski definition) is 7. The summed E-state index contributed by atoms with van der Waals surface area (Å²) in [6, 6.07) is 0. The van der Waals surface area contributed by atoms with Gasteiger partial charge in [-0.1, -0.05) is 155 Å². The van der Waals surface area contributed by atoms with Gasteiger partial charge in [0.15, 0.2) is 0 Å². The van der Waals surface area contributed by atoms with Crippen molar-refractivity contribution in [1.82, 2.24) is 5.32 Å². The van der Waals surface area contributed by atoms with Crippen LogP contribution in [-0.4, -0.2) is 54.3 Å². The predicted octanol–water partition coefficient (Wildman–Crippen LogP) is 11.6. The maximum atomic E-state index is 12.1. The average Bonchev–Trinajstić information content (AvgIpc) is 3.18. The summed E-state index contributed by atoms with van der Waals surface area (Å²) in [5, 5.41) is 12.6. The van der Waals surface area contributed by atoms with Gasteiger partial charge in [-0.2, -0.15) is 0 Å². The lowest BCUT2D eigenvalue weighted by Gasteiger charge is -2.15. The first-order valence-electron chi connectivity index (χ1n) is 20.9. The van der Waals surface area contributed by atoms with E-state index < -0.39 is 26.5 Å². The molecule has 1 amide bonds. The van der Waals surface area contributed by atoms with Crippen molar-refractivity contribution >= 4 is 19.7 Å². The Balaban J connectivity index is 3.80. The van der Waals surface area contributed by atoms with Gasteiger partial charge in [-0.3, -0.25) is 18.6 Å². The minimum absolute atomic E-state index is 0.0407. The lowest BCUT2D eigenvalue weighted by Crippen LogP contribution is -2.27. The topological polar surface area (TPSA) is 131 Å². The maximum Gasteiger partial charge on any atom is 0.472 e. The standard InChI is InChI=1S/C46H74NO8P/c1-3-5-7-9-11-13-15-17-19-20-21-22-23-24-25-27-29-31-33-35-37-39-46(50)53-42-44(48)43-55-56(51,52)54-41-40-47-45(49)38-36-34-32-30-28-26-18-16-14-12-10-8-6-4-2/h5,7,10-13,16-19,21-22,24-25,29,31,35,37,44,48H,3-4,6,8-9,14-15,20,23,26-28,30,32-34,36,38-43H2,1-2H3,(H,47,49)(H,51,52)/b7-5-,12-10-,13-11-,18-16-,19-17-,22-21-,25-24-,31-29-,37-35-. The Bertz CT molecular complexity index is 1280. The second-order valence-electron chi connectivity index (χ2n) is 13.2. The van der Waals surface area contributed by atoms with Crippen LogP contribution in [0, 0.1) is 0 Å². The van der Waals surface area contributed by atoms with E-state index in [4.69, 9.17) is 13.8 Å². The fourth-order valence-electron chi connectivity index (χ4n) is 4.83. The van der Waals surface area contributed by atoms with Gasteiger partial charge >= 0.3 is 13.8 Å². The molecular weight excluding hydrogens is 725 g/mol. The van der Waals surface area contributed by atoms with Gasteiger partial charge < -0.3 is 20.1 Å².